The summed E-state index contributed by atoms with van der Waals surface area (Å²) in [5.74, 6) is 1.40. The Labute approximate surface area is 114 Å². The predicted molar refractivity (Wildman–Crippen MR) is 74.8 cm³/mol. The van der Waals surface area contributed by atoms with Gasteiger partial charge in [-0.15, -0.1) is 0 Å². The van der Waals surface area contributed by atoms with Crippen molar-refractivity contribution >= 4 is 0 Å². The first-order valence-corrected chi connectivity index (χ1v) is 6.75. The zero-order chi connectivity index (χ0) is 13.9. The van der Waals surface area contributed by atoms with Gasteiger partial charge in [-0.05, 0) is 44.9 Å². The van der Waals surface area contributed by atoms with Gasteiger partial charge in [-0.1, -0.05) is 6.07 Å². The van der Waals surface area contributed by atoms with Gasteiger partial charge in [-0.2, -0.15) is 0 Å². The van der Waals surface area contributed by atoms with E-state index in [2.05, 4.69) is 5.32 Å². The molecule has 4 heteroatoms. The summed E-state index contributed by atoms with van der Waals surface area (Å²) in [7, 11) is 5.22. The highest BCUT2D eigenvalue weighted by Crippen LogP contribution is 2.45. The first-order valence-electron chi connectivity index (χ1n) is 6.75. The van der Waals surface area contributed by atoms with Crippen molar-refractivity contribution < 1.29 is 14.6 Å². The molecule has 1 aliphatic rings. The van der Waals surface area contributed by atoms with Crippen LogP contribution in [0.15, 0.2) is 18.2 Å². The van der Waals surface area contributed by atoms with E-state index in [-0.39, 0.29) is 0 Å². The van der Waals surface area contributed by atoms with Crippen molar-refractivity contribution in [3.8, 4) is 11.5 Å². The number of rotatable bonds is 4. The molecule has 1 aromatic carbocycles. The Kier molecular flexibility index (Phi) is 4.32. The lowest BCUT2D eigenvalue weighted by molar-refractivity contribution is -0.0113. The van der Waals surface area contributed by atoms with Gasteiger partial charge in [0.2, 0.25) is 0 Å². The van der Waals surface area contributed by atoms with Gasteiger partial charge in [-0.25, -0.2) is 0 Å². The second kappa shape index (κ2) is 5.80. The molecule has 0 heterocycles. The molecule has 1 fully saturated rings. The highest BCUT2D eigenvalue weighted by Gasteiger charge is 2.38. The van der Waals surface area contributed by atoms with Crippen LogP contribution in [0.4, 0.5) is 0 Å². The van der Waals surface area contributed by atoms with Crippen LogP contribution in [0.25, 0.3) is 0 Å². The fourth-order valence-electron chi connectivity index (χ4n) is 2.94. The van der Waals surface area contributed by atoms with E-state index in [0.717, 1.165) is 31.2 Å². The molecule has 4 nitrogen and oxygen atoms in total. The standard InChI is InChI=1S/C15H23NO3/c1-16-11-7-9-15(17,10-8-11)14-12(18-2)5-4-6-13(14)19-3/h4-6,11,16-17H,7-10H2,1-3H3. The molecule has 1 aliphatic carbocycles. The van der Waals surface area contributed by atoms with Crippen LogP contribution >= 0.6 is 0 Å². The van der Waals surface area contributed by atoms with E-state index in [0.29, 0.717) is 17.5 Å². The van der Waals surface area contributed by atoms with E-state index in [4.69, 9.17) is 9.47 Å². The SMILES string of the molecule is CNC1CCC(O)(c2c(OC)cccc2OC)CC1. The van der Waals surface area contributed by atoms with Gasteiger partial charge in [0, 0.05) is 6.04 Å². The van der Waals surface area contributed by atoms with Gasteiger partial charge in [-0.3, -0.25) is 0 Å². The van der Waals surface area contributed by atoms with E-state index < -0.39 is 5.60 Å². The van der Waals surface area contributed by atoms with Crippen LogP contribution in [0.3, 0.4) is 0 Å². The Morgan fingerprint density at radius 3 is 2.11 bits per heavy atom. The van der Waals surface area contributed by atoms with Gasteiger partial charge in [0.05, 0.1) is 25.4 Å². The average Bonchev–Trinajstić information content (AvgIpc) is 2.47. The van der Waals surface area contributed by atoms with Crippen molar-refractivity contribution in [2.24, 2.45) is 0 Å². The van der Waals surface area contributed by atoms with E-state index in [1.807, 2.05) is 25.2 Å². The van der Waals surface area contributed by atoms with Crippen LogP contribution < -0.4 is 14.8 Å². The van der Waals surface area contributed by atoms with Gasteiger partial charge in [0.15, 0.2) is 0 Å². The summed E-state index contributed by atoms with van der Waals surface area (Å²) < 4.78 is 10.8. The topological polar surface area (TPSA) is 50.7 Å². The Morgan fingerprint density at radius 2 is 1.68 bits per heavy atom. The molecule has 0 bridgehead atoms. The number of ether oxygens (including phenoxy) is 2. The molecule has 0 aliphatic heterocycles. The fraction of sp³-hybridized carbons (Fsp3) is 0.600. The minimum absolute atomic E-state index is 0.487. The molecule has 2 N–H and O–H groups in total. The monoisotopic (exact) mass is 265 g/mol. The van der Waals surface area contributed by atoms with E-state index >= 15 is 0 Å². The molecule has 19 heavy (non-hydrogen) atoms. The minimum Gasteiger partial charge on any atom is -0.496 e. The molecule has 0 saturated heterocycles. The third-order valence-corrected chi connectivity index (χ3v) is 4.11. The fourth-order valence-corrected chi connectivity index (χ4v) is 2.94. The summed E-state index contributed by atoms with van der Waals surface area (Å²) >= 11 is 0. The van der Waals surface area contributed by atoms with Gasteiger partial charge < -0.3 is 19.9 Å². The molecular formula is C15H23NO3. The number of aliphatic hydroxyl groups is 1. The van der Waals surface area contributed by atoms with Crippen molar-refractivity contribution in [3.05, 3.63) is 23.8 Å². The molecule has 0 unspecified atom stereocenters. The Balaban J connectivity index is 2.35. The maximum Gasteiger partial charge on any atom is 0.128 e. The van der Waals surface area contributed by atoms with Crippen molar-refractivity contribution in [2.45, 2.75) is 37.3 Å². The minimum atomic E-state index is -0.856. The van der Waals surface area contributed by atoms with Crippen LogP contribution in [0.1, 0.15) is 31.2 Å². The van der Waals surface area contributed by atoms with E-state index in [1.54, 1.807) is 14.2 Å². The largest absolute Gasteiger partial charge is 0.496 e. The van der Waals surface area contributed by atoms with Crippen LogP contribution in [-0.4, -0.2) is 32.4 Å². The third kappa shape index (κ3) is 2.69. The number of methoxy groups -OCH3 is 2. The van der Waals surface area contributed by atoms with Crippen LogP contribution in [0.5, 0.6) is 11.5 Å². The average molecular weight is 265 g/mol. The lowest BCUT2D eigenvalue weighted by atomic mass is 9.77. The zero-order valence-electron chi connectivity index (χ0n) is 11.9. The number of hydrogen-bond donors (Lipinski definition) is 2. The maximum atomic E-state index is 11.0. The number of benzene rings is 1. The third-order valence-electron chi connectivity index (χ3n) is 4.11. The Hall–Kier alpha value is -1.26. The second-order valence-corrected chi connectivity index (χ2v) is 5.13. The second-order valence-electron chi connectivity index (χ2n) is 5.13. The van der Waals surface area contributed by atoms with Gasteiger partial charge in [0.25, 0.3) is 0 Å². The van der Waals surface area contributed by atoms with Gasteiger partial charge >= 0.3 is 0 Å². The lowest BCUT2D eigenvalue weighted by Gasteiger charge is -2.37. The predicted octanol–water partition coefficient (Wildman–Crippen LogP) is 2.05. The molecule has 106 valence electrons. The number of nitrogens with one attached hydrogen (secondary N) is 1. The van der Waals surface area contributed by atoms with Crippen molar-refractivity contribution in [2.75, 3.05) is 21.3 Å². The quantitative estimate of drug-likeness (QED) is 0.875. The first-order chi connectivity index (χ1) is 9.14. The molecule has 0 spiro atoms. The molecule has 0 aromatic heterocycles. The molecular weight excluding hydrogens is 242 g/mol. The van der Waals surface area contributed by atoms with Crippen LogP contribution in [0.2, 0.25) is 0 Å². The molecule has 0 amide bonds. The molecule has 0 radical (unpaired) electrons. The van der Waals surface area contributed by atoms with Crippen molar-refractivity contribution in [1.29, 1.82) is 0 Å². The summed E-state index contributed by atoms with van der Waals surface area (Å²) in [4.78, 5) is 0. The number of hydrogen-bond acceptors (Lipinski definition) is 4. The summed E-state index contributed by atoms with van der Waals surface area (Å²) in [6, 6.07) is 6.12. The molecule has 2 rings (SSSR count). The van der Waals surface area contributed by atoms with Gasteiger partial charge in [0.1, 0.15) is 11.5 Å². The van der Waals surface area contributed by atoms with Crippen molar-refractivity contribution in [1.82, 2.24) is 5.32 Å². The first kappa shape index (κ1) is 14.2. The Bertz CT molecular complexity index is 403. The van der Waals surface area contributed by atoms with E-state index in [9.17, 15) is 5.11 Å². The zero-order valence-corrected chi connectivity index (χ0v) is 11.9. The van der Waals surface area contributed by atoms with E-state index in [1.165, 1.54) is 0 Å². The van der Waals surface area contributed by atoms with Crippen LogP contribution in [0, 0.1) is 0 Å². The highest BCUT2D eigenvalue weighted by molar-refractivity contribution is 5.48. The highest BCUT2D eigenvalue weighted by atomic mass is 16.5. The van der Waals surface area contributed by atoms with Crippen molar-refractivity contribution in [3.63, 3.8) is 0 Å². The molecule has 1 aromatic rings. The lowest BCUT2D eigenvalue weighted by Crippen LogP contribution is -2.38. The maximum absolute atomic E-state index is 11.0. The van der Waals surface area contributed by atoms with Crippen LogP contribution in [-0.2, 0) is 5.60 Å². The summed E-state index contributed by atoms with van der Waals surface area (Å²) in [6.07, 6.45) is 3.34. The molecule has 0 atom stereocenters. The summed E-state index contributed by atoms with van der Waals surface area (Å²) in [5, 5.41) is 14.3. The molecule has 1 saturated carbocycles. The Morgan fingerprint density at radius 1 is 1.16 bits per heavy atom. The summed E-state index contributed by atoms with van der Waals surface area (Å²) in [5.41, 5.74) is -0.0692. The smallest absolute Gasteiger partial charge is 0.128 e. The summed E-state index contributed by atoms with van der Waals surface area (Å²) in [6.45, 7) is 0. The normalized spacial score (nSPS) is 27.1.